The lowest BCUT2D eigenvalue weighted by atomic mass is 10.1. The molecule has 1 aromatic carbocycles. The lowest BCUT2D eigenvalue weighted by molar-refractivity contribution is -0.138. The van der Waals surface area contributed by atoms with Crippen molar-refractivity contribution in [3.63, 3.8) is 0 Å². The number of carbonyl (C=O) groups excluding carboxylic acids is 2. The van der Waals surface area contributed by atoms with Crippen molar-refractivity contribution in [1.29, 1.82) is 0 Å². The number of methoxy groups -OCH3 is 1. The van der Waals surface area contributed by atoms with Crippen LogP contribution >= 0.6 is 11.3 Å². The van der Waals surface area contributed by atoms with Gasteiger partial charge in [0.1, 0.15) is 5.70 Å². The fourth-order valence-electron chi connectivity index (χ4n) is 3.86. The monoisotopic (exact) mass is 411 g/mol. The second-order valence-electron chi connectivity index (χ2n) is 7.20. The number of hydrogen-bond acceptors (Lipinski definition) is 6. The summed E-state index contributed by atoms with van der Waals surface area (Å²) in [5.41, 5.74) is 2.38. The maximum absolute atomic E-state index is 13.1. The summed E-state index contributed by atoms with van der Waals surface area (Å²) in [6.45, 7) is 4.69. The van der Waals surface area contributed by atoms with Crippen LogP contribution in [0.15, 0.2) is 53.5 Å². The number of amides is 2. The van der Waals surface area contributed by atoms with Crippen molar-refractivity contribution in [1.82, 2.24) is 14.7 Å². The fourth-order valence-corrected chi connectivity index (χ4v) is 4.62. The van der Waals surface area contributed by atoms with Crippen LogP contribution in [0, 0.1) is 0 Å². The molecule has 0 unspecified atom stereocenters. The zero-order valence-corrected chi connectivity index (χ0v) is 17.4. The van der Waals surface area contributed by atoms with Gasteiger partial charge in [-0.25, -0.2) is 0 Å². The molecule has 0 radical (unpaired) electrons. The average Bonchev–Trinajstić information content (AvgIpc) is 3.35. The molecule has 2 aliphatic rings. The standard InChI is InChI=1S/C22H25N3O3S/c1-28-14-13-25-21(26)19(18-8-5-15-29-18)20(22(25)27)24-11-9-23(10-12-24)16-17-6-3-2-4-7-17/h2-8,15H,9-14,16H2,1H3. The summed E-state index contributed by atoms with van der Waals surface area (Å²) >= 11 is 1.50. The largest absolute Gasteiger partial charge is 0.383 e. The van der Waals surface area contributed by atoms with E-state index in [1.54, 1.807) is 7.11 Å². The van der Waals surface area contributed by atoms with E-state index in [-0.39, 0.29) is 18.4 Å². The Labute approximate surface area is 175 Å². The number of rotatable bonds is 7. The highest BCUT2D eigenvalue weighted by Crippen LogP contribution is 2.34. The molecule has 2 aliphatic heterocycles. The van der Waals surface area contributed by atoms with Crippen LogP contribution in [-0.2, 0) is 20.9 Å². The summed E-state index contributed by atoms with van der Waals surface area (Å²) < 4.78 is 5.10. The van der Waals surface area contributed by atoms with E-state index < -0.39 is 0 Å². The Morgan fingerprint density at radius 2 is 1.72 bits per heavy atom. The molecule has 0 saturated carbocycles. The third kappa shape index (κ3) is 4.12. The van der Waals surface area contributed by atoms with Crippen LogP contribution in [0.5, 0.6) is 0 Å². The molecule has 7 heteroatoms. The van der Waals surface area contributed by atoms with Gasteiger partial charge >= 0.3 is 0 Å². The van der Waals surface area contributed by atoms with Crippen molar-refractivity contribution in [3.05, 3.63) is 64.0 Å². The van der Waals surface area contributed by atoms with Gasteiger partial charge in [-0.3, -0.25) is 19.4 Å². The third-order valence-electron chi connectivity index (χ3n) is 5.37. The first-order chi connectivity index (χ1) is 14.2. The highest BCUT2D eigenvalue weighted by Gasteiger charge is 2.42. The number of nitrogens with zero attached hydrogens (tertiary/aromatic N) is 3. The van der Waals surface area contributed by atoms with Crippen molar-refractivity contribution < 1.29 is 14.3 Å². The minimum absolute atomic E-state index is 0.202. The maximum Gasteiger partial charge on any atom is 0.277 e. The lowest BCUT2D eigenvalue weighted by Gasteiger charge is -2.36. The van der Waals surface area contributed by atoms with E-state index in [1.807, 2.05) is 23.6 Å². The number of ether oxygens (including phenoxy) is 1. The number of imide groups is 1. The highest BCUT2D eigenvalue weighted by atomic mass is 32.1. The van der Waals surface area contributed by atoms with Crippen molar-refractivity contribution in [3.8, 4) is 0 Å². The Morgan fingerprint density at radius 1 is 0.966 bits per heavy atom. The van der Waals surface area contributed by atoms with E-state index in [0.717, 1.165) is 37.6 Å². The molecule has 29 heavy (non-hydrogen) atoms. The minimum Gasteiger partial charge on any atom is -0.383 e. The number of carbonyl (C=O) groups is 2. The van der Waals surface area contributed by atoms with Gasteiger partial charge in [-0.15, -0.1) is 11.3 Å². The Hall–Kier alpha value is -2.48. The third-order valence-corrected chi connectivity index (χ3v) is 6.26. The predicted molar refractivity (Wildman–Crippen MR) is 113 cm³/mol. The molecular formula is C22H25N3O3S. The molecule has 0 N–H and O–H groups in total. The van der Waals surface area contributed by atoms with Crippen molar-refractivity contribution in [2.45, 2.75) is 6.54 Å². The van der Waals surface area contributed by atoms with Crippen LogP contribution in [0.25, 0.3) is 5.57 Å². The van der Waals surface area contributed by atoms with Crippen LogP contribution in [0.3, 0.4) is 0 Å². The van der Waals surface area contributed by atoms with Gasteiger partial charge in [0.25, 0.3) is 11.8 Å². The second kappa shape index (κ2) is 8.90. The van der Waals surface area contributed by atoms with Crippen LogP contribution < -0.4 is 0 Å². The lowest BCUT2D eigenvalue weighted by Crippen LogP contribution is -2.47. The molecule has 6 nitrogen and oxygen atoms in total. The number of piperazine rings is 1. The Kier molecular flexibility index (Phi) is 6.08. The summed E-state index contributed by atoms with van der Waals surface area (Å²) in [6, 6.07) is 14.2. The highest BCUT2D eigenvalue weighted by molar-refractivity contribution is 7.11. The van der Waals surface area contributed by atoms with Gasteiger partial charge in [-0.05, 0) is 17.0 Å². The molecule has 2 amide bonds. The summed E-state index contributed by atoms with van der Waals surface area (Å²) in [7, 11) is 1.57. The maximum atomic E-state index is 13.1. The van der Waals surface area contributed by atoms with Crippen LogP contribution in [0.2, 0.25) is 0 Å². The first-order valence-corrected chi connectivity index (χ1v) is 10.7. The molecule has 1 saturated heterocycles. The molecule has 1 fully saturated rings. The van der Waals surface area contributed by atoms with Gasteiger partial charge in [0.2, 0.25) is 0 Å². The van der Waals surface area contributed by atoms with E-state index in [0.29, 0.717) is 17.9 Å². The summed E-state index contributed by atoms with van der Waals surface area (Å²) in [5.74, 6) is -0.414. The number of thiophene rings is 1. The van der Waals surface area contributed by atoms with Gasteiger partial charge in [-0.2, -0.15) is 0 Å². The SMILES string of the molecule is COCCN1C(=O)C(c2cccs2)=C(N2CCN(Cc3ccccc3)CC2)C1=O. The Bertz CT molecular complexity index is 887. The second-order valence-corrected chi connectivity index (χ2v) is 8.15. The van der Waals surface area contributed by atoms with Gasteiger partial charge in [0.05, 0.1) is 18.7 Å². The van der Waals surface area contributed by atoms with Crippen molar-refractivity contribution in [2.75, 3.05) is 46.4 Å². The molecule has 152 valence electrons. The number of hydrogen-bond donors (Lipinski definition) is 0. The predicted octanol–water partition coefficient (Wildman–Crippen LogP) is 2.29. The van der Waals surface area contributed by atoms with E-state index in [9.17, 15) is 9.59 Å². The van der Waals surface area contributed by atoms with E-state index in [1.165, 1.54) is 21.8 Å². The summed E-state index contributed by atoms with van der Waals surface area (Å²) in [5, 5.41) is 1.94. The molecule has 0 spiro atoms. The van der Waals surface area contributed by atoms with Gasteiger partial charge in [0.15, 0.2) is 0 Å². The summed E-state index contributed by atoms with van der Waals surface area (Å²) in [4.78, 5) is 32.8. The Balaban J connectivity index is 1.52. The topological polar surface area (TPSA) is 53.1 Å². The average molecular weight is 412 g/mol. The normalized spacial score (nSPS) is 18.2. The number of benzene rings is 1. The zero-order chi connectivity index (χ0) is 20.2. The first kappa shape index (κ1) is 19.8. The van der Waals surface area contributed by atoms with Gasteiger partial charge in [0, 0.05) is 44.7 Å². The Morgan fingerprint density at radius 3 is 2.38 bits per heavy atom. The molecule has 3 heterocycles. The quantitative estimate of drug-likeness (QED) is 0.655. The molecular weight excluding hydrogens is 386 g/mol. The van der Waals surface area contributed by atoms with Crippen molar-refractivity contribution in [2.24, 2.45) is 0 Å². The molecule has 0 aliphatic carbocycles. The molecule has 0 bridgehead atoms. The summed E-state index contributed by atoms with van der Waals surface area (Å²) in [6.07, 6.45) is 0. The van der Waals surface area contributed by atoms with E-state index in [2.05, 4.69) is 34.1 Å². The van der Waals surface area contributed by atoms with E-state index >= 15 is 0 Å². The zero-order valence-electron chi connectivity index (χ0n) is 16.5. The van der Waals surface area contributed by atoms with Crippen LogP contribution in [-0.4, -0.2) is 73.0 Å². The molecule has 4 rings (SSSR count). The molecule has 2 aromatic rings. The smallest absolute Gasteiger partial charge is 0.277 e. The fraction of sp³-hybridized carbons (Fsp3) is 0.364. The van der Waals surface area contributed by atoms with Crippen molar-refractivity contribution >= 4 is 28.7 Å². The minimum atomic E-state index is -0.212. The van der Waals surface area contributed by atoms with Gasteiger partial charge in [-0.1, -0.05) is 36.4 Å². The first-order valence-electron chi connectivity index (χ1n) is 9.83. The van der Waals surface area contributed by atoms with E-state index in [4.69, 9.17) is 4.74 Å². The van der Waals surface area contributed by atoms with Crippen LogP contribution in [0.4, 0.5) is 0 Å². The van der Waals surface area contributed by atoms with Gasteiger partial charge < -0.3 is 9.64 Å². The van der Waals surface area contributed by atoms with Crippen LogP contribution in [0.1, 0.15) is 10.4 Å². The molecule has 0 atom stereocenters. The molecule has 1 aromatic heterocycles.